The molecule has 0 bridgehead atoms. The van der Waals surface area contributed by atoms with Gasteiger partial charge in [-0.2, -0.15) is 11.8 Å². The van der Waals surface area contributed by atoms with E-state index in [4.69, 9.17) is 16.3 Å². The van der Waals surface area contributed by atoms with Gasteiger partial charge in [-0.05, 0) is 30.9 Å². The summed E-state index contributed by atoms with van der Waals surface area (Å²) in [5.74, 6) is 2.46. The highest BCUT2D eigenvalue weighted by molar-refractivity contribution is 7.99. The molecule has 1 aliphatic rings. The lowest BCUT2D eigenvalue weighted by atomic mass is 10.0. The molecular formula is C14H19ClFNOS. The molecule has 0 radical (unpaired) electrons. The first-order chi connectivity index (χ1) is 9.22. The predicted molar refractivity (Wildman–Crippen MR) is 79.8 cm³/mol. The fourth-order valence-electron chi connectivity index (χ4n) is 2.23. The maximum absolute atomic E-state index is 13.4. The second-order valence-corrected chi connectivity index (χ2v) is 6.32. The van der Waals surface area contributed by atoms with Gasteiger partial charge in [0.2, 0.25) is 0 Å². The molecule has 1 N–H and O–H groups in total. The number of hydrogen-bond donors (Lipinski definition) is 1. The van der Waals surface area contributed by atoms with Gasteiger partial charge in [-0.15, -0.1) is 0 Å². The quantitative estimate of drug-likeness (QED) is 0.868. The van der Waals surface area contributed by atoms with Crippen molar-refractivity contribution in [1.29, 1.82) is 0 Å². The van der Waals surface area contributed by atoms with Crippen molar-refractivity contribution in [2.24, 2.45) is 5.92 Å². The number of rotatable bonds is 6. The number of benzene rings is 1. The fourth-order valence-corrected chi connectivity index (χ4v) is 3.21. The monoisotopic (exact) mass is 303 g/mol. The van der Waals surface area contributed by atoms with Crippen LogP contribution in [0.3, 0.4) is 0 Å². The Balaban J connectivity index is 2.07. The van der Waals surface area contributed by atoms with Gasteiger partial charge in [-0.25, -0.2) is 4.39 Å². The van der Waals surface area contributed by atoms with E-state index in [2.05, 4.69) is 12.2 Å². The smallest absolute Gasteiger partial charge is 0.145 e. The normalized spacial score (nSPS) is 20.5. The lowest BCUT2D eigenvalue weighted by Crippen LogP contribution is -2.31. The zero-order valence-electron chi connectivity index (χ0n) is 11.0. The van der Waals surface area contributed by atoms with Crippen molar-refractivity contribution in [3.05, 3.63) is 29.0 Å². The molecule has 1 aromatic rings. The van der Waals surface area contributed by atoms with E-state index in [0.29, 0.717) is 11.7 Å². The molecule has 2 rings (SSSR count). The first-order valence-electron chi connectivity index (χ1n) is 6.61. The van der Waals surface area contributed by atoms with Crippen LogP contribution < -0.4 is 10.1 Å². The van der Waals surface area contributed by atoms with Gasteiger partial charge in [-0.3, -0.25) is 0 Å². The lowest BCUT2D eigenvalue weighted by molar-refractivity contribution is 0.165. The maximum atomic E-state index is 13.4. The summed E-state index contributed by atoms with van der Waals surface area (Å²) in [6.07, 6.45) is 1.18. The van der Waals surface area contributed by atoms with Crippen molar-refractivity contribution >= 4 is 23.4 Å². The standard InChI is InChI=1S/C14H19ClFNOS/c1-2-19-9-13(10-6-7-17-8-10)18-12-5-3-4-11(16)14(12)15/h3-5,10,13,17H,2,6-9H2,1H3/t10?,13-/m1/s1. The highest BCUT2D eigenvalue weighted by Crippen LogP contribution is 2.30. The molecule has 1 heterocycles. The van der Waals surface area contributed by atoms with Crippen molar-refractivity contribution in [3.8, 4) is 5.75 Å². The third-order valence-electron chi connectivity index (χ3n) is 3.30. The van der Waals surface area contributed by atoms with Crippen molar-refractivity contribution in [3.63, 3.8) is 0 Å². The molecule has 2 nitrogen and oxygen atoms in total. The van der Waals surface area contributed by atoms with Crippen molar-refractivity contribution < 1.29 is 9.13 Å². The van der Waals surface area contributed by atoms with Gasteiger partial charge < -0.3 is 10.1 Å². The van der Waals surface area contributed by atoms with E-state index in [-0.39, 0.29) is 11.1 Å². The fraction of sp³-hybridized carbons (Fsp3) is 0.571. The van der Waals surface area contributed by atoms with Gasteiger partial charge in [0.15, 0.2) is 0 Å². The highest BCUT2D eigenvalue weighted by atomic mass is 35.5. The average Bonchev–Trinajstić information content (AvgIpc) is 2.93. The zero-order chi connectivity index (χ0) is 13.7. The Morgan fingerprint density at radius 2 is 2.42 bits per heavy atom. The topological polar surface area (TPSA) is 21.3 Å². The third-order valence-corrected chi connectivity index (χ3v) is 4.64. The van der Waals surface area contributed by atoms with Crippen molar-refractivity contribution in [2.75, 3.05) is 24.6 Å². The lowest BCUT2D eigenvalue weighted by Gasteiger charge is -2.24. The summed E-state index contributed by atoms with van der Waals surface area (Å²) in [6.45, 7) is 4.11. The third kappa shape index (κ3) is 4.01. The summed E-state index contributed by atoms with van der Waals surface area (Å²) in [6, 6.07) is 4.72. The Morgan fingerprint density at radius 1 is 1.58 bits per heavy atom. The molecule has 2 atom stereocenters. The van der Waals surface area contributed by atoms with Crippen LogP contribution in [0.15, 0.2) is 18.2 Å². The molecular weight excluding hydrogens is 285 g/mol. The number of thioether (sulfide) groups is 1. The summed E-state index contributed by atoms with van der Waals surface area (Å²) < 4.78 is 19.4. The minimum atomic E-state index is -0.425. The van der Waals surface area contributed by atoms with Gasteiger partial charge in [0.1, 0.15) is 22.7 Å². The molecule has 1 aliphatic heterocycles. The van der Waals surface area contributed by atoms with Crippen molar-refractivity contribution in [1.82, 2.24) is 5.32 Å². The maximum Gasteiger partial charge on any atom is 0.145 e. The zero-order valence-corrected chi connectivity index (χ0v) is 12.6. The van der Waals surface area contributed by atoms with E-state index in [1.54, 1.807) is 12.1 Å². The largest absolute Gasteiger partial charge is 0.488 e. The van der Waals surface area contributed by atoms with Crippen LogP contribution in [0.25, 0.3) is 0 Å². The van der Waals surface area contributed by atoms with Gasteiger partial charge >= 0.3 is 0 Å². The van der Waals surface area contributed by atoms with E-state index >= 15 is 0 Å². The molecule has 0 spiro atoms. The van der Waals surface area contributed by atoms with E-state index < -0.39 is 5.82 Å². The first-order valence-corrected chi connectivity index (χ1v) is 8.14. The molecule has 1 unspecified atom stereocenters. The molecule has 0 aromatic heterocycles. The van der Waals surface area contributed by atoms with E-state index in [9.17, 15) is 4.39 Å². The van der Waals surface area contributed by atoms with Gasteiger partial charge in [-0.1, -0.05) is 24.6 Å². The number of ether oxygens (including phenoxy) is 1. The van der Waals surface area contributed by atoms with Crippen LogP contribution in [-0.4, -0.2) is 30.7 Å². The van der Waals surface area contributed by atoms with Crippen LogP contribution in [0.5, 0.6) is 5.75 Å². The molecule has 0 aliphatic carbocycles. The van der Waals surface area contributed by atoms with Crippen LogP contribution in [-0.2, 0) is 0 Å². The molecule has 0 saturated carbocycles. The van der Waals surface area contributed by atoms with E-state index in [1.807, 2.05) is 11.8 Å². The van der Waals surface area contributed by atoms with Gasteiger partial charge in [0.05, 0.1) is 0 Å². The molecule has 1 aromatic carbocycles. The molecule has 5 heteroatoms. The van der Waals surface area contributed by atoms with Crippen LogP contribution in [0.2, 0.25) is 5.02 Å². The molecule has 106 valence electrons. The first kappa shape index (κ1) is 14.9. The Kier molecular flexibility index (Phi) is 5.79. The molecule has 19 heavy (non-hydrogen) atoms. The number of halogens is 2. The summed E-state index contributed by atoms with van der Waals surface area (Å²) in [4.78, 5) is 0. The molecule has 1 saturated heterocycles. The molecule has 1 fully saturated rings. The summed E-state index contributed by atoms with van der Waals surface area (Å²) >= 11 is 7.80. The van der Waals surface area contributed by atoms with Crippen LogP contribution in [0.1, 0.15) is 13.3 Å². The predicted octanol–water partition coefficient (Wildman–Crippen LogP) is 3.59. The SMILES string of the molecule is CCSC[C@@H](Oc1cccc(F)c1Cl)C1CCNC1. The van der Waals surface area contributed by atoms with E-state index in [0.717, 1.165) is 31.0 Å². The highest BCUT2D eigenvalue weighted by Gasteiger charge is 2.27. The minimum Gasteiger partial charge on any atom is -0.488 e. The summed E-state index contributed by atoms with van der Waals surface area (Å²) in [5.41, 5.74) is 0. The van der Waals surface area contributed by atoms with Gasteiger partial charge in [0, 0.05) is 18.2 Å². The summed E-state index contributed by atoms with van der Waals surface area (Å²) in [5, 5.41) is 3.43. The van der Waals surface area contributed by atoms with Crippen molar-refractivity contribution in [2.45, 2.75) is 19.4 Å². The average molecular weight is 304 g/mol. The Hall–Kier alpha value is -0.450. The summed E-state index contributed by atoms with van der Waals surface area (Å²) in [7, 11) is 0. The van der Waals surface area contributed by atoms with E-state index in [1.165, 1.54) is 6.07 Å². The second kappa shape index (κ2) is 7.36. The number of nitrogens with one attached hydrogen (secondary N) is 1. The minimum absolute atomic E-state index is 0.0826. The van der Waals surface area contributed by atoms with Crippen LogP contribution in [0.4, 0.5) is 4.39 Å². The van der Waals surface area contributed by atoms with Gasteiger partial charge in [0.25, 0.3) is 0 Å². The second-order valence-electron chi connectivity index (χ2n) is 4.62. The number of hydrogen-bond acceptors (Lipinski definition) is 3. The Bertz CT molecular complexity index is 412. The van der Waals surface area contributed by atoms with Crippen LogP contribution >= 0.6 is 23.4 Å². The Morgan fingerprint density at radius 3 is 3.11 bits per heavy atom. The van der Waals surface area contributed by atoms with Crippen LogP contribution in [0, 0.1) is 11.7 Å². The molecule has 0 amide bonds. The Labute approximate surface area is 123 Å².